The van der Waals surface area contributed by atoms with E-state index in [1.54, 1.807) is 0 Å². The molecule has 3 aromatic rings. The van der Waals surface area contributed by atoms with Crippen molar-refractivity contribution >= 4 is 22.2 Å². The van der Waals surface area contributed by atoms with Gasteiger partial charge in [-0.2, -0.15) is 5.10 Å². The van der Waals surface area contributed by atoms with Crippen molar-refractivity contribution in [1.29, 1.82) is 0 Å². The lowest BCUT2D eigenvalue weighted by Crippen LogP contribution is -2.33. The topological polar surface area (TPSA) is 81.3 Å². The predicted molar refractivity (Wildman–Crippen MR) is 97.3 cm³/mol. The molecule has 1 amide bonds. The summed E-state index contributed by atoms with van der Waals surface area (Å²) in [5.74, 6) is -0.423. The van der Waals surface area contributed by atoms with Crippen LogP contribution in [-0.2, 0) is 6.54 Å². The Labute approximate surface area is 149 Å². The second kappa shape index (κ2) is 6.44. The summed E-state index contributed by atoms with van der Waals surface area (Å²) in [6.07, 6.45) is 1.35. The van der Waals surface area contributed by atoms with Gasteiger partial charge in [0.05, 0.1) is 11.7 Å². The van der Waals surface area contributed by atoms with Crippen molar-refractivity contribution in [2.24, 2.45) is 0 Å². The Bertz CT molecular complexity index is 1010. The summed E-state index contributed by atoms with van der Waals surface area (Å²) in [4.78, 5) is 30.1. The third-order valence-electron chi connectivity index (χ3n) is 4.38. The first-order chi connectivity index (χ1) is 11.8. The zero-order valence-corrected chi connectivity index (χ0v) is 15.8. The SMILES string of the molecule is CCn1nc(C)c([C@@H](C)NC(=O)c2cnc3scc(C)n3c2=O)c1C. The van der Waals surface area contributed by atoms with Crippen LogP contribution in [0.2, 0.25) is 0 Å². The van der Waals surface area contributed by atoms with E-state index in [0.29, 0.717) is 4.96 Å². The predicted octanol–water partition coefficient (Wildman–Crippen LogP) is 2.39. The minimum atomic E-state index is -0.423. The molecule has 0 saturated heterocycles. The molecule has 3 aromatic heterocycles. The lowest BCUT2D eigenvalue weighted by Gasteiger charge is -2.15. The summed E-state index contributed by atoms with van der Waals surface area (Å²) in [5, 5.41) is 9.24. The van der Waals surface area contributed by atoms with Crippen LogP contribution in [0.3, 0.4) is 0 Å². The number of nitrogens with one attached hydrogen (secondary N) is 1. The Balaban J connectivity index is 1.93. The first-order valence-electron chi connectivity index (χ1n) is 8.15. The second-order valence-corrected chi connectivity index (χ2v) is 6.90. The van der Waals surface area contributed by atoms with Crippen molar-refractivity contribution in [2.45, 2.75) is 47.2 Å². The first kappa shape index (κ1) is 17.3. The monoisotopic (exact) mass is 359 g/mol. The molecule has 0 spiro atoms. The molecule has 3 rings (SSSR count). The Kier molecular flexibility index (Phi) is 4.47. The Hall–Kier alpha value is -2.48. The Morgan fingerprint density at radius 3 is 2.72 bits per heavy atom. The van der Waals surface area contributed by atoms with Gasteiger partial charge in [0.2, 0.25) is 0 Å². The molecule has 0 aliphatic carbocycles. The number of aromatic nitrogens is 4. The van der Waals surface area contributed by atoms with E-state index in [1.165, 1.54) is 21.9 Å². The van der Waals surface area contributed by atoms with Gasteiger partial charge in [-0.3, -0.25) is 18.7 Å². The van der Waals surface area contributed by atoms with Crippen LogP contribution in [-0.4, -0.2) is 25.1 Å². The fourth-order valence-corrected chi connectivity index (χ4v) is 4.00. The standard InChI is InChI=1S/C17H21N5O2S/c1-6-21-12(5)14(11(4)20-21)10(3)19-15(23)13-7-18-17-22(16(13)24)9(2)8-25-17/h7-8,10H,6H2,1-5H3,(H,19,23)/t10-/m1/s1. The highest BCUT2D eigenvalue weighted by molar-refractivity contribution is 7.15. The third kappa shape index (κ3) is 2.86. The van der Waals surface area contributed by atoms with E-state index < -0.39 is 5.91 Å². The molecule has 7 nitrogen and oxygen atoms in total. The van der Waals surface area contributed by atoms with Crippen LogP contribution in [0.4, 0.5) is 0 Å². The number of fused-ring (bicyclic) bond motifs is 1. The van der Waals surface area contributed by atoms with Gasteiger partial charge in [-0.25, -0.2) is 4.98 Å². The summed E-state index contributed by atoms with van der Waals surface area (Å²) in [5.41, 5.74) is 3.36. The maximum Gasteiger partial charge on any atom is 0.271 e. The van der Waals surface area contributed by atoms with Gasteiger partial charge in [0.25, 0.3) is 11.5 Å². The molecule has 0 bridgehead atoms. The molecule has 3 heterocycles. The summed E-state index contributed by atoms with van der Waals surface area (Å²) < 4.78 is 3.38. The molecular weight excluding hydrogens is 338 g/mol. The molecule has 0 unspecified atom stereocenters. The minimum Gasteiger partial charge on any atom is -0.345 e. The minimum absolute atomic E-state index is 0.0454. The van der Waals surface area contributed by atoms with Crippen LogP contribution in [0.1, 0.15) is 52.9 Å². The highest BCUT2D eigenvalue weighted by Crippen LogP contribution is 2.21. The molecular formula is C17H21N5O2S. The summed E-state index contributed by atoms with van der Waals surface area (Å²) >= 11 is 1.38. The van der Waals surface area contributed by atoms with Gasteiger partial charge in [0.15, 0.2) is 4.96 Å². The normalized spacial score (nSPS) is 12.5. The number of amides is 1. The first-order valence-corrected chi connectivity index (χ1v) is 9.03. The largest absolute Gasteiger partial charge is 0.345 e. The number of thiazole rings is 1. The fourth-order valence-electron chi connectivity index (χ4n) is 3.17. The van der Waals surface area contributed by atoms with E-state index in [9.17, 15) is 9.59 Å². The number of hydrogen-bond acceptors (Lipinski definition) is 5. The average Bonchev–Trinajstić information content (AvgIpc) is 3.07. The third-order valence-corrected chi connectivity index (χ3v) is 5.34. The Morgan fingerprint density at radius 2 is 2.08 bits per heavy atom. The lowest BCUT2D eigenvalue weighted by atomic mass is 10.1. The number of aryl methyl sites for hydroxylation is 3. The van der Waals surface area contributed by atoms with Crippen molar-refractivity contribution in [2.75, 3.05) is 0 Å². The summed E-state index contributed by atoms with van der Waals surface area (Å²) in [7, 11) is 0. The van der Waals surface area contributed by atoms with E-state index >= 15 is 0 Å². The number of hydrogen-bond donors (Lipinski definition) is 1. The summed E-state index contributed by atoms with van der Waals surface area (Å²) in [6.45, 7) is 10.4. The van der Waals surface area contributed by atoms with Crippen LogP contribution in [0.15, 0.2) is 16.4 Å². The van der Waals surface area contributed by atoms with Crippen molar-refractivity contribution < 1.29 is 4.79 Å². The van der Waals surface area contributed by atoms with Crippen molar-refractivity contribution in [3.05, 3.63) is 50.1 Å². The highest BCUT2D eigenvalue weighted by Gasteiger charge is 2.21. The maximum atomic E-state index is 12.6. The van der Waals surface area contributed by atoms with Gasteiger partial charge in [0, 0.05) is 35.1 Å². The molecule has 0 aliphatic heterocycles. The van der Waals surface area contributed by atoms with Crippen LogP contribution in [0.25, 0.3) is 4.96 Å². The fraction of sp³-hybridized carbons (Fsp3) is 0.412. The number of carbonyl (C=O) groups is 1. The molecule has 8 heteroatoms. The molecule has 132 valence electrons. The van der Waals surface area contributed by atoms with E-state index in [2.05, 4.69) is 15.4 Å². The molecule has 0 aliphatic rings. The van der Waals surface area contributed by atoms with E-state index in [-0.39, 0.29) is 17.2 Å². The van der Waals surface area contributed by atoms with Crippen LogP contribution in [0, 0.1) is 20.8 Å². The molecule has 1 atom stereocenters. The van der Waals surface area contributed by atoms with Crippen LogP contribution in [0.5, 0.6) is 0 Å². The summed E-state index contributed by atoms with van der Waals surface area (Å²) in [6, 6.07) is -0.253. The lowest BCUT2D eigenvalue weighted by molar-refractivity contribution is 0.0937. The van der Waals surface area contributed by atoms with E-state index in [4.69, 9.17) is 0 Å². The maximum absolute atomic E-state index is 12.6. The molecule has 0 fully saturated rings. The van der Waals surface area contributed by atoms with Gasteiger partial charge >= 0.3 is 0 Å². The van der Waals surface area contributed by atoms with Crippen LogP contribution >= 0.6 is 11.3 Å². The quantitative estimate of drug-likeness (QED) is 0.775. The van der Waals surface area contributed by atoms with Gasteiger partial charge in [-0.1, -0.05) is 0 Å². The van der Waals surface area contributed by atoms with Crippen molar-refractivity contribution in [3.63, 3.8) is 0 Å². The van der Waals surface area contributed by atoms with Gasteiger partial charge in [-0.05, 0) is 34.6 Å². The van der Waals surface area contributed by atoms with E-state index in [0.717, 1.165) is 29.2 Å². The number of carbonyl (C=O) groups excluding carboxylic acids is 1. The van der Waals surface area contributed by atoms with Gasteiger partial charge < -0.3 is 5.32 Å². The molecule has 0 saturated carbocycles. The highest BCUT2D eigenvalue weighted by atomic mass is 32.1. The average molecular weight is 359 g/mol. The van der Waals surface area contributed by atoms with Crippen molar-refractivity contribution in [3.8, 4) is 0 Å². The second-order valence-electron chi connectivity index (χ2n) is 6.07. The zero-order chi connectivity index (χ0) is 18.3. The Morgan fingerprint density at radius 1 is 1.36 bits per heavy atom. The van der Waals surface area contributed by atoms with E-state index in [1.807, 2.05) is 44.7 Å². The van der Waals surface area contributed by atoms with Gasteiger partial charge in [0.1, 0.15) is 5.56 Å². The van der Waals surface area contributed by atoms with Crippen molar-refractivity contribution in [1.82, 2.24) is 24.5 Å². The molecule has 0 radical (unpaired) electrons. The van der Waals surface area contributed by atoms with Gasteiger partial charge in [-0.15, -0.1) is 11.3 Å². The number of nitrogens with zero attached hydrogens (tertiary/aromatic N) is 4. The zero-order valence-electron chi connectivity index (χ0n) is 15.0. The molecule has 0 aromatic carbocycles. The number of rotatable bonds is 4. The van der Waals surface area contributed by atoms with Crippen LogP contribution < -0.4 is 10.9 Å². The smallest absolute Gasteiger partial charge is 0.271 e. The molecule has 1 N–H and O–H groups in total. The molecule has 25 heavy (non-hydrogen) atoms.